The summed E-state index contributed by atoms with van der Waals surface area (Å²) in [7, 11) is 10.4. The second kappa shape index (κ2) is 27.0. The number of nitrogens with one attached hydrogen (secondary N) is 2. The smallest absolute Gasteiger partial charge is 0.308 e. The third kappa shape index (κ3) is 16.9. The van der Waals surface area contributed by atoms with Crippen molar-refractivity contribution in [3.05, 3.63) is 136 Å². The van der Waals surface area contributed by atoms with Gasteiger partial charge >= 0.3 is 5.97 Å². The van der Waals surface area contributed by atoms with E-state index >= 15 is 9.59 Å². The summed E-state index contributed by atoms with van der Waals surface area (Å²) in [5.74, 6) is -3.13. The van der Waals surface area contributed by atoms with Crippen molar-refractivity contribution in [1.29, 1.82) is 0 Å². The standard InChI is InChI=1S/C58H72Cl2N8O9/c1-37-32-62-52(69)30-45(27-39-16-21-43(59)22-17-39)66(8)57(74)47(36-75-10)63-55(72)48(31-54(71)77-58(2,3)4)68(53(70)28-42(56(73)65(37)7)26-38-14-12-11-13-15-38)34-41-18-23-44(60)29-50(41)76-46-24-19-40(20-25-46)49-33-61-51(67(49)9)35-64(5)6/h11-25,29,33,37,42,45,47-48H,26-28,30-32,34-36H2,1-10H3,(H,62,69)(H,63,72)/t37-,42+,45-,47-,48-/m0/s1. The van der Waals surface area contributed by atoms with Crippen LogP contribution in [0.25, 0.3) is 11.3 Å². The number of likely N-dealkylation sites (N-methyl/N-ethyl adjacent to an activating group) is 2. The molecule has 17 nitrogen and oxygen atoms in total. The van der Waals surface area contributed by atoms with Gasteiger partial charge in [0.15, 0.2) is 0 Å². The number of carbonyl (C=O) groups is 6. The zero-order valence-corrected chi connectivity index (χ0v) is 47.2. The number of nitrogens with zero attached hydrogens (tertiary/aromatic N) is 6. The molecule has 4 aromatic carbocycles. The van der Waals surface area contributed by atoms with Crippen LogP contribution in [0.5, 0.6) is 11.5 Å². The molecule has 5 amide bonds. The van der Waals surface area contributed by atoms with Crippen molar-refractivity contribution < 1.29 is 43.0 Å². The molecule has 412 valence electrons. The summed E-state index contributed by atoms with van der Waals surface area (Å²) in [6.07, 6.45) is 0.980. The number of hydrogen-bond donors (Lipinski definition) is 2. The third-order valence-corrected chi connectivity index (χ3v) is 13.9. The van der Waals surface area contributed by atoms with E-state index in [1.807, 2.05) is 79.3 Å². The van der Waals surface area contributed by atoms with Crippen LogP contribution in [0.15, 0.2) is 103 Å². The molecule has 77 heavy (non-hydrogen) atoms. The first-order chi connectivity index (χ1) is 36.5. The quantitative estimate of drug-likeness (QED) is 0.0991. The average Bonchev–Trinajstić information content (AvgIpc) is 3.73. The van der Waals surface area contributed by atoms with E-state index in [9.17, 15) is 19.2 Å². The van der Waals surface area contributed by atoms with Crippen LogP contribution < -0.4 is 15.4 Å². The van der Waals surface area contributed by atoms with E-state index in [1.165, 1.54) is 28.9 Å². The van der Waals surface area contributed by atoms with Crippen molar-refractivity contribution in [2.75, 3.05) is 48.5 Å². The second-order valence-corrected chi connectivity index (χ2v) is 21.8. The Morgan fingerprint density at radius 3 is 2.13 bits per heavy atom. The number of hydrogen-bond acceptors (Lipinski definition) is 11. The fourth-order valence-electron chi connectivity index (χ4n) is 9.10. The van der Waals surface area contributed by atoms with Crippen LogP contribution in [0.1, 0.15) is 69.5 Å². The van der Waals surface area contributed by atoms with Crippen LogP contribution in [0.4, 0.5) is 0 Å². The first kappa shape index (κ1) is 59.5. The molecule has 19 heteroatoms. The van der Waals surface area contributed by atoms with Gasteiger partial charge in [0.1, 0.15) is 35.0 Å². The summed E-state index contributed by atoms with van der Waals surface area (Å²) in [5.41, 5.74) is 2.77. The number of amides is 5. The molecule has 1 aliphatic rings. The number of halogens is 2. The van der Waals surface area contributed by atoms with Crippen LogP contribution in [0.3, 0.4) is 0 Å². The normalized spacial score (nSPS) is 19.7. The summed E-state index contributed by atoms with van der Waals surface area (Å²) in [4.78, 5) is 99.2. The minimum atomic E-state index is -1.63. The van der Waals surface area contributed by atoms with E-state index in [0.29, 0.717) is 27.9 Å². The highest BCUT2D eigenvalue weighted by molar-refractivity contribution is 6.31. The maximum atomic E-state index is 15.6. The van der Waals surface area contributed by atoms with Gasteiger partial charge in [0.05, 0.1) is 43.9 Å². The van der Waals surface area contributed by atoms with Gasteiger partial charge in [0.2, 0.25) is 29.5 Å². The molecular formula is C58H72Cl2N8O9. The fraction of sp³-hybridized carbons (Fsp3) is 0.431. The lowest BCUT2D eigenvalue weighted by atomic mass is 9.93. The van der Waals surface area contributed by atoms with Gasteiger partial charge in [-0.3, -0.25) is 28.8 Å². The van der Waals surface area contributed by atoms with Gasteiger partial charge in [-0.25, -0.2) is 4.98 Å². The molecule has 0 bridgehead atoms. The first-order valence-electron chi connectivity index (χ1n) is 25.6. The van der Waals surface area contributed by atoms with Gasteiger partial charge < -0.3 is 49.0 Å². The molecule has 2 heterocycles. The van der Waals surface area contributed by atoms with Crippen molar-refractivity contribution in [3.8, 4) is 22.8 Å². The second-order valence-electron chi connectivity index (χ2n) is 20.9. The Bertz CT molecular complexity index is 2840. The number of aromatic nitrogens is 2. The van der Waals surface area contributed by atoms with E-state index in [0.717, 1.165) is 28.2 Å². The van der Waals surface area contributed by atoms with Crippen LogP contribution in [-0.2, 0) is 71.2 Å². The van der Waals surface area contributed by atoms with Crippen LogP contribution in [0.2, 0.25) is 10.0 Å². The molecule has 1 fully saturated rings. The predicted molar refractivity (Wildman–Crippen MR) is 296 cm³/mol. The number of imidazole rings is 1. The Balaban J connectivity index is 1.46. The molecule has 6 rings (SSSR count). The summed E-state index contributed by atoms with van der Waals surface area (Å²) < 4.78 is 19.9. The summed E-state index contributed by atoms with van der Waals surface area (Å²) in [6, 6.07) is 24.3. The monoisotopic (exact) mass is 1090 g/mol. The summed E-state index contributed by atoms with van der Waals surface area (Å²) in [5, 5.41) is 6.60. The number of esters is 1. The maximum Gasteiger partial charge on any atom is 0.308 e. The zero-order chi connectivity index (χ0) is 56.1. The minimum Gasteiger partial charge on any atom is -0.460 e. The lowest BCUT2D eigenvalue weighted by molar-refractivity contribution is -0.159. The molecule has 5 atom stereocenters. The van der Waals surface area contributed by atoms with Crippen LogP contribution >= 0.6 is 23.2 Å². The Labute approximate surface area is 462 Å². The summed E-state index contributed by atoms with van der Waals surface area (Å²) >= 11 is 12.9. The van der Waals surface area contributed by atoms with Crippen molar-refractivity contribution >= 4 is 58.7 Å². The van der Waals surface area contributed by atoms with Crippen molar-refractivity contribution in [3.63, 3.8) is 0 Å². The van der Waals surface area contributed by atoms with Crippen molar-refractivity contribution in [1.82, 2.24) is 39.8 Å². The molecule has 1 aromatic heterocycles. The number of ether oxygens (including phenoxy) is 3. The molecule has 1 aliphatic heterocycles. The minimum absolute atomic E-state index is 0.0634. The number of methoxy groups -OCH3 is 1. The van der Waals surface area contributed by atoms with Crippen molar-refractivity contribution in [2.24, 2.45) is 13.0 Å². The first-order valence-corrected chi connectivity index (χ1v) is 26.4. The van der Waals surface area contributed by atoms with Gasteiger partial charge in [0.25, 0.3) is 0 Å². The molecule has 0 radical (unpaired) electrons. The Hall–Kier alpha value is -6.79. The van der Waals surface area contributed by atoms with Gasteiger partial charge in [-0.15, -0.1) is 0 Å². The molecule has 0 spiro atoms. The largest absolute Gasteiger partial charge is 0.460 e. The van der Waals surface area contributed by atoms with Gasteiger partial charge in [-0.2, -0.15) is 0 Å². The number of benzene rings is 4. The Morgan fingerprint density at radius 1 is 0.818 bits per heavy atom. The van der Waals surface area contributed by atoms with E-state index in [4.69, 9.17) is 37.4 Å². The van der Waals surface area contributed by atoms with Gasteiger partial charge in [-0.05, 0) is 114 Å². The summed E-state index contributed by atoms with van der Waals surface area (Å²) in [6.45, 7) is 6.92. The predicted octanol–water partition coefficient (Wildman–Crippen LogP) is 7.49. The van der Waals surface area contributed by atoms with Crippen LogP contribution in [-0.4, -0.2) is 143 Å². The molecule has 5 aromatic rings. The SMILES string of the molecule is COC[C@@H]1NC(=O)[C@H](CC(=O)OC(C)(C)C)N(Cc2ccc(Cl)cc2Oc2ccc(-c3cnc(CN(C)C)n3C)cc2)C(=O)C[C@@H](Cc2ccccc2)C(=O)N(C)[C@@H](C)CNC(=O)C[C@H](Cc2ccc(Cl)cc2)N(C)C1=O. The van der Waals surface area contributed by atoms with Crippen LogP contribution in [0, 0.1) is 5.92 Å². The molecular weight excluding hydrogens is 1020 g/mol. The van der Waals surface area contributed by atoms with Gasteiger partial charge in [0, 0.05) is 80.9 Å². The highest BCUT2D eigenvalue weighted by atomic mass is 35.5. The van der Waals surface area contributed by atoms with Crippen molar-refractivity contribution in [2.45, 2.75) is 103 Å². The zero-order valence-electron chi connectivity index (χ0n) is 45.7. The fourth-order valence-corrected chi connectivity index (χ4v) is 9.39. The van der Waals surface area contributed by atoms with E-state index in [-0.39, 0.29) is 56.5 Å². The van der Waals surface area contributed by atoms with E-state index < -0.39 is 72.2 Å². The third-order valence-electron chi connectivity index (χ3n) is 13.4. The lowest BCUT2D eigenvalue weighted by Gasteiger charge is -2.36. The average molecular weight is 1100 g/mol. The highest BCUT2D eigenvalue weighted by Gasteiger charge is 2.40. The Morgan fingerprint density at radius 2 is 1.48 bits per heavy atom. The maximum absolute atomic E-state index is 15.6. The number of carbonyl (C=O) groups excluding carboxylic acids is 6. The molecule has 0 aliphatic carbocycles. The molecule has 0 saturated carbocycles. The Kier molecular flexibility index (Phi) is 20.8. The van der Waals surface area contributed by atoms with E-state index in [1.54, 1.807) is 89.3 Å². The molecule has 0 unspecified atom stereocenters. The van der Waals surface area contributed by atoms with E-state index in [2.05, 4.69) is 15.6 Å². The lowest BCUT2D eigenvalue weighted by Crippen LogP contribution is -2.58. The highest BCUT2D eigenvalue weighted by Crippen LogP contribution is 2.33. The number of rotatable bonds is 15. The molecule has 1 saturated heterocycles. The topological polar surface area (TPSA) is 185 Å². The van der Waals surface area contributed by atoms with Gasteiger partial charge in [-0.1, -0.05) is 71.7 Å². The molecule has 2 N–H and O–H groups in total.